The molecule has 18 atom stereocenters. The Hall–Kier alpha value is -0.796. The van der Waals surface area contributed by atoms with E-state index in [4.69, 9.17) is 51.5 Å². The minimum Gasteiger partial charge on any atom is -0.465 e. The first-order valence-corrected chi connectivity index (χ1v) is 33.4. The molecule has 8 aliphatic rings. The Kier molecular flexibility index (Phi) is 16.1. The molecule has 0 aliphatic carbocycles. The first-order valence-electron chi connectivity index (χ1n) is 28.4. The Morgan fingerprint density at radius 2 is 1.36 bits per heavy atom. The van der Waals surface area contributed by atoms with E-state index in [0.717, 1.165) is 32.1 Å². The fraction of sp³-hybridized carbons (Fsp3) is 0.947. The number of aliphatic hydroxyl groups is 1. The maximum atomic E-state index is 12.6. The Bertz CT molecular complexity index is 1930. The lowest BCUT2D eigenvalue weighted by molar-refractivity contribution is -0.368. The molecule has 13 nitrogen and oxygen atoms in total. The second-order valence-electron chi connectivity index (χ2n) is 28.3. The van der Waals surface area contributed by atoms with Crippen molar-refractivity contribution in [2.45, 2.75) is 324 Å². The predicted molar refractivity (Wildman–Crippen MR) is 283 cm³/mol. The fourth-order valence-corrected chi connectivity index (χ4v) is 21.9. The lowest BCUT2D eigenvalue weighted by Gasteiger charge is -2.63. The molecule has 0 unspecified atom stereocenters. The van der Waals surface area contributed by atoms with Gasteiger partial charge in [-0.3, -0.25) is 4.79 Å². The molecular formula is C57H100O13Si2. The third-order valence-corrected chi connectivity index (χ3v) is 30.3. The van der Waals surface area contributed by atoms with Gasteiger partial charge in [0.1, 0.15) is 23.4 Å². The third kappa shape index (κ3) is 10.6. The van der Waals surface area contributed by atoms with Crippen molar-refractivity contribution in [1.29, 1.82) is 0 Å². The number of carbonyl (C=O) groups excluding carboxylic acids is 1. The van der Waals surface area contributed by atoms with Gasteiger partial charge < -0.3 is 56.6 Å². The summed E-state index contributed by atoms with van der Waals surface area (Å²) in [6.45, 7) is 42.1. The van der Waals surface area contributed by atoms with Gasteiger partial charge in [-0.15, -0.1) is 0 Å². The maximum Gasteiger partial charge on any atom is 0.311 e. The Balaban J connectivity index is 0.979. The van der Waals surface area contributed by atoms with Crippen LogP contribution < -0.4 is 0 Å². The number of carbonyl (C=O) groups is 1. The minimum absolute atomic E-state index is 0.00955. The van der Waals surface area contributed by atoms with E-state index in [-0.39, 0.29) is 90.9 Å². The van der Waals surface area contributed by atoms with Crippen molar-refractivity contribution < 1.29 is 61.4 Å². The molecule has 8 aliphatic heterocycles. The maximum absolute atomic E-state index is 12.6. The van der Waals surface area contributed by atoms with Crippen molar-refractivity contribution in [1.82, 2.24) is 0 Å². The topological polar surface area (TPSA) is 139 Å². The van der Waals surface area contributed by atoms with Crippen molar-refractivity contribution in [3.05, 3.63) is 12.2 Å². The van der Waals surface area contributed by atoms with Gasteiger partial charge in [0.2, 0.25) is 8.32 Å². The van der Waals surface area contributed by atoms with Crippen LogP contribution in [0.5, 0.6) is 0 Å². The second kappa shape index (κ2) is 20.1. The summed E-state index contributed by atoms with van der Waals surface area (Å²) in [5.74, 6) is -0.181. The molecule has 0 aromatic rings. The van der Waals surface area contributed by atoms with Crippen LogP contribution in [-0.2, 0) is 56.3 Å². The van der Waals surface area contributed by atoms with Crippen LogP contribution in [0, 0.1) is 5.41 Å². The summed E-state index contributed by atoms with van der Waals surface area (Å²) in [7, 11) is -4.57. The summed E-state index contributed by atoms with van der Waals surface area (Å²) >= 11 is 0. The van der Waals surface area contributed by atoms with Gasteiger partial charge in [0.15, 0.2) is 8.32 Å². The molecule has 0 radical (unpaired) electrons. The zero-order valence-electron chi connectivity index (χ0n) is 48.2. The van der Waals surface area contributed by atoms with Gasteiger partial charge in [-0.1, -0.05) is 74.5 Å². The van der Waals surface area contributed by atoms with Crippen LogP contribution in [0.15, 0.2) is 12.2 Å². The molecule has 72 heavy (non-hydrogen) atoms. The van der Waals surface area contributed by atoms with E-state index in [1.807, 2.05) is 27.7 Å². The monoisotopic (exact) mass is 1050 g/mol. The fourth-order valence-electron chi connectivity index (χ4n) is 14.6. The van der Waals surface area contributed by atoms with Gasteiger partial charge in [0.05, 0.1) is 103 Å². The van der Waals surface area contributed by atoms with Gasteiger partial charge in [-0.05, 0) is 116 Å². The average Bonchev–Trinajstić information content (AvgIpc) is 3.46. The van der Waals surface area contributed by atoms with E-state index in [1.54, 1.807) is 0 Å². The molecule has 8 rings (SSSR count). The summed E-state index contributed by atoms with van der Waals surface area (Å²) in [4.78, 5) is 12.6. The highest BCUT2D eigenvalue weighted by molar-refractivity contribution is 6.77. The number of hydrogen-bond donors (Lipinski definition) is 1. The first kappa shape index (κ1) is 57.4. The van der Waals surface area contributed by atoms with E-state index in [9.17, 15) is 9.90 Å². The highest BCUT2D eigenvalue weighted by atomic mass is 28.4. The largest absolute Gasteiger partial charge is 0.465 e. The first-order chi connectivity index (χ1) is 33.2. The van der Waals surface area contributed by atoms with Crippen molar-refractivity contribution in [2.75, 3.05) is 13.2 Å². The van der Waals surface area contributed by atoms with Crippen LogP contribution in [0.4, 0.5) is 0 Å². The molecule has 0 aromatic heterocycles. The summed E-state index contributed by atoms with van der Waals surface area (Å²) < 4.78 is 78.1. The zero-order chi connectivity index (χ0) is 53.0. The van der Waals surface area contributed by atoms with E-state index < -0.39 is 56.2 Å². The van der Waals surface area contributed by atoms with Gasteiger partial charge in [0.25, 0.3) is 0 Å². The molecule has 0 aromatic carbocycles. The third-order valence-electron chi connectivity index (χ3n) is 19.6. The molecule has 0 bridgehead atoms. The second-order valence-corrected chi connectivity index (χ2v) is 38.4. The molecule has 1 N–H and O–H groups in total. The van der Waals surface area contributed by atoms with Gasteiger partial charge in [0, 0.05) is 38.5 Å². The Labute approximate surface area is 437 Å². The van der Waals surface area contributed by atoms with Crippen LogP contribution in [-0.4, -0.2) is 148 Å². The molecule has 414 valence electrons. The normalized spacial score (nSPS) is 44.6. The highest BCUT2D eigenvalue weighted by Crippen LogP contribution is 2.56. The van der Waals surface area contributed by atoms with Gasteiger partial charge >= 0.3 is 5.97 Å². The van der Waals surface area contributed by atoms with E-state index in [1.165, 1.54) is 0 Å². The van der Waals surface area contributed by atoms with Crippen molar-refractivity contribution in [3.63, 3.8) is 0 Å². The summed E-state index contributed by atoms with van der Waals surface area (Å²) in [6.07, 6.45) is 8.58. The van der Waals surface area contributed by atoms with E-state index >= 15 is 0 Å². The minimum atomic E-state index is -2.34. The van der Waals surface area contributed by atoms with Crippen LogP contribution in [0.25, 0.3) is 0 Å². The Morgan fingerprint density at radius 3 is 1.99 bits per heavy atom. The molecule has 7 fully saturated rings. The molecule has 0 amide bonds. The van der Waals surface area contributed by atoms with Crippen LogP contribution in [0.2, 0.25) is 34.8 Å². The van der Waals surface area contributed by atoms with Crippen LogP contribution >= 0.6 is 0 Å². The molecule has 15 heteroatoms. The van der Waals surface area contributed by atoms with Crippen LogP contribution in [0.3, 0.4) is 0 Å². The molecular weight excluding hydrogens is 949 g/mol. The Morgan fingerprint density at radius 1 is 0.708 bits per heavy atom. The highest BCUT2D eigenvalue weighted by Gasteiger charge is 2.66. The molecule has 8 heterocycles. The number of fused-ring (bicyclic) bond motifs is 7. The number of aliphatic hydroxyl groups excluding tert-OH is 1. The molecule has 0 saturated carbocycles. The van der Waals surface area contributed by atoms with E-state index in [0.29, 0.717) is 55.3 Å². The van der Waals surface area contributed by atoms with Crippen molar-refractivity contribution >= 4 is 22.6 Å². The molecule has 7 saturated heterocycles. The van der Waals surface area contributed by atoms with Crippen molar-refractivity contribution in [2.24, 2.45) is 5.41 Å². The number of ether oxygens (including phenoxy) is 9. The average molecular weight is 1050 g/mol. The summed E-state index contributed by atoms with van der Waals surface area (Å²) in [5, 5.41) is 10.8. The number of hydrogen-bond acceptors (Lipinski definition) is 13. The van der Waals surface area contributed by atoms with Gasteiger partial charge in [-0.25, -0.2) is 0 Å². The van der Waals surface area contributed by atoms with Gasteiger partial charge in [-0.2, -0.15) is 0 Å². The lowest BCUT2D eigenvalue weighted by atomic mass is 9.72. The zero-order valence-corrected chi connectivity index (χ0v) is 50.2. The predicted octanol–water partition coefficient (Wildman–Crippen LogP) is 11.1. The number of esters is 1. The van der Waals surface area contributed by atoms with E-state index in [2.05, 4.69) is 115 Å². The lowest BCUT2D eigenvalue weighted by Crippen LogP contribution is -2.73. The number of rotatable bonds is 12. The summed E-state index contributed by atoms with van der Waals surface area (Å²) in [6, 6.07) is 0. The van der Waals surface area contributed by atoms with Crippen LogP contribution in [0.1, 0.15) is 182 Å². The van der Waals surface area contributed by atoms with Crippen molar-refractivity contribution in [3.8, 4) is 0 Å². The summed E-state index contributed by atoms with van der Waals surface area (Å²) in [5.41, 5.74) is -2.71. The smallest absolute Gasteiger partial charge is 0.311 e. The molecule has 0 spiro atoms. The standard InChI is InChI=1S/C57H100O13Si2/c1-34(2)72(35(3)4,36(5)6)68-48-27-37(21-20-26-60-50(59)51(7,8)9)61-47-30-46-54(14,69-57(47,48)17)31-43-40(63-46)28-42-38(62-43)22-23-44-55(15,67-42)33-56(16)45(65-44)29-41-39(66-56)24-25-53(13,49(32-58)64-41)70-71(18,19)52(10,11)12/h24-25,34-49,58H,20-23,26-33H2,1-19H3/t37-,38+,39+,40+,41-,42-,43-,44-,45+,46-,47+,48-,49+,53-,54+,55+,56-,57+/m0/s1. The SMILES string of the molecule is CC(C)[Si](O[C@H]1C[C@H](CCCOC(=O)C(C)(C)C)O[C@@H]2C[C@@H]3O[C@@H]4C[C@@H]5O[C@]6(C)C[C@]7(C)O[C@@H]8C=C[C@](C)(O[Si](C)(C)C(C)(C)C)[C@@H](CO)O[C@H]8C[C@H]7O[C@H]6CC[C@H]5O[C@H]4C[C@@]3(C)O[C@@]12C)(C(C)C)C(C)C. The quantitative estimate of drug-likeness (QED) is 0.0859.